The van der Waals surface area contributed by atoms with Crippen molar-refractivity contribution in [3.63, 3.8) is 0 Å². The summed E-state index contributed by atoms with van der Waals surface area (Å²) in [5.41, 5.74) is 0. The van der Waals surface area contributed by atoms with Gasteiger partial charge in [-0.1, -0.05) is 58.5 Å². The van der Waals surface area contributed by atoms with Crippen molar-refractivity contribution in [1.29, 1.82) is 0 Å². The normalized spacial score (nSPS) is 24.8. The zero-order valence-electron chi connectivity index (χ0n) is 53.8. The molecule has 3 aromatic carbocycles. The number of halogens is 9. The summed E-state index contributed by atoms with van der Waals surface area (Å²) in [5.74, 6) is -8.75. The molecular formula is C54H61F9Li3O30S5+. The summed E-state index contributed by atoms with van der Waals surface area (Å²) >= 11 is 0. The van der Waals surface area contributed by atoms with E-state index in [0.717, 1.165) is 45.6 Å². The molecule has 47 heteroatoms. The maximum absolute atomic E-state index is 12.0. The van der Waals surface area contributed by atoms with E-state index in [1.165, 1.54) is 14.7 Å². The first kappa shape index (κ1) is 95.9. The van der Waals surface area contributed by atoms with Gasteiger partial charge >= 0.3 is 140 Å². The number of rotatable bonds is 11. The van der Waals surface area contributed by atoms with Crippen LogP contribution in [0, 0.1) is 35.5 Å². The van der Waals surface area contributed by atoms with Gasteiger partial charge in [0.25, 0.3) is 0 Å². The number of aliphatic hydroxyl groups excluding tert-OH is 1. The number of hydrogen-bond acceptors (Lipinski definition) is 28. The Morgan fingerprint density at radius 2 is 0.693 bits per heavy atom. The van der Waals surface area contributed by atoms with Crippen LogP contribution in [0.4, 0.5) is 39.0 Å². The van der Waals surface area contributed by atoms with E-state index in [-0.39, 0.29) is 127 Å². The van der Waals surface area contributed by atoms with Crippen LogP contribution in [0.1, 0.15) is 38.5 Å². The van der Waals surface area contributed by atoms with Crippen LogP contribution in [0.5, 0.6) is 0 Å². The molecule has 0 saturated carbocycles. The van der Waals surface area contributed by atoms with Crippen LogP contribution >= 0.6 is 0 Å². The molecule has 9 aliphatic heterocycles. The Bertz CT molecular complexity index is 3380. The first-order valence-electron chi connectivity index (χ1n) is 27.5. The molecule has 9 heterocycles. The van der Waals surface area contributed by atoms with E-state index in [1.807, 2.05) is 0 Å². The molecule has 0 radical (unpaired) electrons. The molecule has 0 spiro atoms. The minimum absolute atomic E-state index is 0. The molecule has 3 aromatic rings. The molecular weight excluding hydrogens is 1480 g/mol. The van der Waals surface area contributed by atoms with Crippen LogP contribution in [0.3, 0.4) is 0 Å². The minimum atomic E-state index is -6.22. The zero-order chi connectivity index (χ0) is 73.6. The Morgan fingerprint density at radius 1 is 0.455 bits per heavy atom. The molecule has 552 valence electrons. The van der Waals surface area contributed by atoms with Crippen LogP contribution < -0.4 is 56.6 Å². The van der Waals surface area contributed by atoms with Crippen LogP contribution in [0.25, 0.3) is 0 Å². The van der Waals surface area contributed by atoms with Gasteiger partial charge in [0, 0.05) is 24.9 Å². The van der Waals surface area contributed by atoms with Crippen molar-refractivity contribution in [2.75, 3.05) is 48.3 Å². The molecule has 12 unspecified atom stereocenters. The average Bonchev–Trinajstić information content (AvgIpc) is 1.62. The summed E-state index contributed by atoms with van der Waals surface area (Å²) in [6.45, 7) is 1.81. The van der Waals surface area contributed by atoms with Crippen molar-refractivity contribution in [2.45, 2.75) is 111 Å². The second kappa shape index (κ2) is 39.9. The van der Waals surface area contributed by atoms with Gasteiger partial charge in [-0.05, 0) is 74.9 Å². The van der Waals surface area contributed by atoms with E-state index in [0.29, 0.717) is 77.2 Å². The van der Waals surface area contributed by atoms with E-state index >= 15 is 0 Å². The molecule has 6 bridgehead atoms. The van der Waals surface area contributed by atoms with E-state index < -0.39 is 85.5 Å². The summed E-state index contributed by atoms with van der Waals surface area (Å²) in [6, 6.07) is 32.2. The molecule has 0 amide bonds. The molecule has 0 aliphatic carbocycles. The van der Waals surface area contributed by atoms with Crippen molar-refractivity contribution in [1.82, 2.24) is 0 Å². The zero-order valence-corrected chi connectivity index (χ0v) is 57.9. The van der Waals surface area contributed by atoms with E-state index in [4.69, 9.17) is 43.2 Å². The number of methoxy groups -OCH3 is 3. The molecule has 0 aromatic heterocycles. The first-order chi connectivity index (χ1) is 44.9. The number of esters is 6. The number of benzene rings is 3. The maximum atomic E-state index is 12.0. The fourth-order valence-corrected chi connectivity index (χ4v) is 13.8. The van der Waals surface area contributed by atoms with Crippen LogP contribution in [-0.4, -0.2) is 211 Å². The smallest absolute Gasteiger partial charge is 0.870 e. The third-order valence-corrected chi connectivity index (χ3v) is 20.5. The predicted octanol–water partition coefficient (Wildman–Crippen LogP) is -5.57. The first-order valence-corrected chi connectivity index (χ1v) is 34.4. The van der Waals surface area contributed by atoms with Crippen molar-refractivity contribution in [3.05, 3.63) is 91.0 Å². The summed E-state index contributed by atoms with van der Waals surface area (Å²) < 4.78 is 252. The van der Waals surface area contributed by atoms with Crippen molar-refractivity contribution in [2.24, 2.45) is 35.5 Å². The summed E-state index contributed by atoms with van der Waals surface area (Å²) in [6.07, 6.45) is 8.13. The van der Waals surface area contributed by atoms with Crippen molar-refractivity contribution >= 4 is 93.3 Å². The number of fused-ring (bicyclic) bond motifs is 15. The fourth-order valence-electron chi connectivity index (χ4n) is 10.6. The van der Waals surface area contributed by atoms with Gasteiger partial charge < -0.3 is 67.4 Å². The number of carboxylic acids is 1. The van der Waals surface area contributed by atoms with Gasteiger partial charge in [0.05, 0.1) is 106 Å². The Hall–Kier alpha value is -5.06. The Balaban J connectivity index is 0.00000113. The quantitative estimate of drug-likeness (QED) is 0.0306. The van der Waals surface area contributed by atoms with Crippen molar-refractivity contribution in [3.8, 4) is 0 Å². The van der Waals surface area contributed by atoms with Crippen LogP contribution in [0.2, 0.25) is 0 Å². The molecule has 9 fully saturated rings. The van der Waals surface area contributed by atoms with Gasteiger partial charge in [0.1, 0.15) is 0 Å². The Kier molecular flexibility index (Phi) is 37.9. The number of carbonyl (C=O) groups excluding carboxylic acids is 6. The van der Waals surface area contributed by atoms with Gasteiger partial charge in [-0.25, -0.2) is 36.0 Å². The SMILES string of the molecule is CO.COC(=O)C(F)(F)S(=O)(=O)F.COC(=O)C(F)(F)S(=O)(=O)O.COC(=O)C(F)(F)S(=O)(=O)[O-].O=C(O)C(F)(F)S(=O)(=O)[O-].O=C1OCC2C3CCC(O3)C12.O=C1OCC2C3CCC(O3)C12.O=C1OCC2C3CCC(O3)C12.[Li+].[Li+].[Li+].[OH-].c1ccc([S+](c2ccccc2)c2ccccc2)cc1. The number of hydrogen-bond donors (Lipinski definition) is 3. The number of alkyl halides is 8. The Labute approximate surface area is 609 Å². The van der Waals surface area contributed by atoms with Crippen LogP contribution in [0.15, 0.2) is 106 Å². The molecule has 9 aliphatic rings. The van der Waals surface area contributed by atoms with E-state index in [9.17, 15) is 115 Å². The second-order valence-electron chi connectivity index (χ2n) is 20.7. The number of aliphatic carboxylic acids is 1. The molecule has 9 saturated heterocycles. The number of cyclic esters (lactones) is 3. The minimum Gasteiger partial charge on any atom is -0.870 e. The average molecular weight is 1540 g/mol. The van der Waals surface area contributed by atoms with E-state index in [1.54, 1.807) is 0 Å². The largest absolute Gasteiger partial charge is 1.00 e. The predicted molar refractivity (Wildman–Crippen MR) is 304 cm³/mol. The van der Waals surface area contributed by atoms with Gasteiger partial charge in [-0.2, -0.15) is 52.0 Å². The number of ether oxygens (including phenoxy) is 9. The molecule has 101 heavy (non-hydrogen) atoms. The second-order valence-corrected chi connectivity index (χ2v) is 28.5. The van der Waals surface area contributed by atoms with Gasteiger partial charge in [-0.15, -0.1) is 0 Å². The van der Waals surface area contributed by atoms with Gasteiger partial charge in [-0.3, -0.25) is 18.9 Å². The molecule has 30 nitrogen and oxygen atoms in total. The number of carbonyl (C=O) groups is 7. The maximum Gasteiger partial charge on any atom is 1.00 e. The van der Waals surface area contributed by atoms with Gasteiger partial charge in [0.2, 0.25) is 0 Å². The molecule has 12 atom stereocenters. The summed E-state index contributed by atoms with van der Waals surface area (Å²) in [5, 5.41) is -5.78. The third-order valence-electron chi connectivity index (χ3n) is 15.1. The number of carboxylic acid groups (broad SMARTS) is 1. The molecule has 4 N–H and O–H groups in total. The van der Waals surface area contributed by atoms with E-state index in [2.05, 4.69) is 105 Å². The number of aliphatic hydroxyl groups is 1. The monoisotopic (exact) mass is 1540 g/mol. The third kappa shape index (κ3) is 23.5. The standard InChI is InChI=1S/C18H15S.3C8H10O3.C3H3F3O4S.2C3H4F2O5S.C2H2F2O5S.CH4O.3Li.H2O/c1-4-10-16(11-5-1)19(17-12-6-2-7-13-17)18-14-8-3-9-15-18;3*9-8-7-4(3-10-8)5-1-2-6(7)11-5;1-10-2(7)3(4,5)11(6,8)9;2*1-10-2(6)3(4,5)11(7,8)9;3-2(4,1(5)6)10(7,8)9;1-2;;;;/h1-15H;3*4-7H,1-3H2;1H3;2*1H3,(H,7,8,9);(H,5,6)(H,7,8,9);2H,1H3;;;;1H2/q+1;;;;;;;;;3*+1;/p-3. The fraction of sp³-hybridized carbons (Fsp3) is 0.537. The molecule has 12 rings (SSSR count). The summed E-state index contributed by atoms with van der Waals surface area (Å²) in [4.78, 5) is 76.6. The topological polar surface area (TPSA) is 476 Å². The van der Waals surface area contributed by atoms with Crippen LogP contribution in [-0.2, 0) is 128 Å². The Morgan fingerprint density at radius 3 is 0.861 bits per heavy atom. The summed E-state index contributed by atoms with van der Waals surface area (Å²) in [7, 11) is -21.4. The van der Waals surface area contributed by atoms with Gasteiger partial charge in [0.15, 0.2) is 34.9 Å². The van der Waals surface area contributed by atoms with Crippen molar-refractivity contribution < 1.29 is 235 Å².